The smallest absolute Gasteiger partial charge is 0.317 e. The zero-order valence-electron chi connectivity index (χ0n) is 15.0. The van der Waals surface area contributed by atoms with E-state index in [1.54, 1.807) is 18.2 Å². The molecule has 2 aromatic rings. The second-order valence-electron chi connectivity index (χ2n) is 6.82. The molecule has 27 heavy (non-hydrogen) atoms. The number of halogens is 2. The van der Waals surface area contributed by atoms with E-state index in [9.17, 15) is 18.4 Å². The maximum absolute atomic E-state index is 14.3. The van der Waals surface area contributed by atoms with Crippen molar-refractivity contribution >= 4 is 17.6 Å². The summed E-state index contributed by atoms with van der Waals surface area (Å²) < 4.78 is 33.0. The molecule has 1 fully saturated rings. The molecule has 0 saturated heterocycles. The third kappa shape index (κ3) is 3.99. The Morgan fingerprint density at radius 2 is 1.78 bits per heavy atom. The Hall–Kier alpha value is -2.76. The molecule has 2 aromatic carbocycles. The van der Waals surface area contributed by atoms with Crippen molar-refractivity contribution in [2.75, 3.05) is 5.32 Å². The van der Waals surface area contributed by atoms with Gasteiger partial charge in [-0.2, -0.15) is 0 Å². The van der Waals surface area contributed by atoms with Crippen molar-refractivity contribution in [3.63, 3.8) is 0 Å². The van der Waals surface area contributed by atoms with Crippen LogP contribution in [0.4, 0.5) is 14.5 Å². The van der Waals surface area contributed by atoms with Crippen LogP contribution in [0.3, 0.4) is 0 Å². The summed E-state index contributed by atoms with van der Waals surface area (Å²) in [6, 6.07) is 11.6. The molecule has 0 unspecified atom stereocenters. The number of rotatable bonds is 5. The number of hydrogen-bond donors (Lipinski definition) is 1. The molecule has 0 aliphatic heterocycles. The lowest BCUT2D eigenvalue weighted by Gasteiger charge is -2.29. The number of carbonyl (C=O) groups is 2. The van der Waals surface area contributed by atoms with Gasteiger partial charge in [0.2, 0.25) is 0 Å². The Morgan fingerprint density at radius 3 is 2.44 bits per heavy atom. The summed E-state index contributed by atoms with van der Waals surface area (Å²) in [6.45, 7) is 1.44. The lowest BCUT2D eigenvalue weighted by molar-refractivity contribution is -0.159. The summed E-state index contributed by atoms with van der Waals surface area (Å²) in [5.41, 5.74) is -0.489. The molecule has 1 amide bonds. The monoisotopic (exact) mass is 373 g/mol. The van der Waals surface area contributed by atoms with Crippen LogP contribution in [-0.4, -0.2) is 18.0 Å². The molecule has 0 aromatic heterocycles. The van der Waals surface area contributed by atoms with Gasteiger partial charge in [-0.1, -0.05) is 37.1 Å². The van der Waals surface area contributed by atoms with Crippen molar-refractivity contribution in [2.45, 2.75) is 44.1 Å². The van der Waals surface area contributed by atoms with Crippen molar-refractivity contribution in [1.82, 2.24) is 0 Å². The van der Waals surface area contributed by atoms with E-state index in [-0.39, 0.29) is 5.69 Å². The summed E-state index contributed by atoms with van der Waals surface area (Å²) in [5.74, 6) is -2.11. The van der Waals surface area contributed by atoms with Crippen LogP contribution in [0.2, 0.25) is 0 Å². The Balaban J connectivity index is 1.74. The molecule has 0 radical (unpaired) electrons. The van der Waals surface area contributed by atoms with Gasteiger partial charge < -0.3 is 10.1 Å². The minimum absolute atomic E-state index is 0.271. The van der Waals surface area contributed by atoms with Crippen LogP contribution in [0.15, 0.2) is 48.5 Å². The molecule has 1 aliphatic carbocycles. The molecular weight excluding hydrogens is 352 g/mol. The molecule has 1 aliphatic rings. The van der Waals surface area contributed by atoms with Crippen LogP contribution in [0.25, 0.3) is 0 Å². The molecular formula is C21H21F2NO3. The molecule has 1 N–H and O–H groups in total. The molecule has 6 heteroatoms. The van der Waals surface area contributed by atoms with Crippen molar-refractivity contribution in [2.24, 2.45) is 0 Å². The van der Waals surface area contributed by atoms with E-state index < -0.39 is 35.0 Å². The minimum Gasteiger partial charge on any atom is -0.452 e. The van der Waals surface area contributed by atoms with E-state index in [1.165, 1.54) is 37.3 Å². The number of hydrogen-bond acceptors (Lipinski definition) is 3. The van der Waals surface area contributed by atoms with E-state index in [1.807, 2.05) is 0 Å². The number of benzene rings is 2. The number of amides is 1. The SMILES string of the molecule is C[C@H](OC(=O)C1(c2ccccc2F)CCCC1)C(=O)Nc1cccc(F)c1. The Labute approximate surface area is 156 Å². The predicted molar refractivity (Wildman–Crippen MR) is 97.1 cm³/mol. The van der Waals surface area contributed by atoms with E-state index in [2.05, 4.69) is 5.32 Å². The topological polar surface area (TPSA) is 55.4 Å². The number of nitrogens with one attached hydrogen (secondary N) is 1. The molecule has 4 nitrogen and oxygen atoms in total. The fourth-order valence-corrected chi connectivity index (χ4v) is 3.55. The van der Waals surface area contributed by atoms with Gasteiger partial charge in [0.15, 0.2) is 6.10 Å². The van der Waals surface area contributed by atoms with Gasteiger partial charge in [-0.3, -0.25) is 9.59 Å². The number of carbonyl (C=O) groups excluding carboxylic acids is 2. The largest absolute Gasteiger partial charge is 0.452 e. The van der Waals surface area contributed by atoms with Gasteiger partial charge in [0, 0.05) is 11.3 Å². The van der Waals surface area contributed by atoms with Crippen LogP contribution in [0, 0.1) is 11.6 Å². The van der Waals surface area contributed by atoms with Crippen molar-refractivity contribution in [3.05, 3.63) is 65.7 Å². The van der Waals surface area contributed by atoms with E-state index >= 15 is 0 Å². The van der Waals surface area contributed by atoms with Gasteiger partial charge in [-0.25, -0.2) is 8.78 Å². The van der Waals surface area contributed by atoms with Gasteiger partial charge in [0.05, 0.1) is 5.41 Å². The average molecular weight is 373 g/mol. The highest BCUT2D eigenvalue weighted by molar-refractivity contribution is 5.96. The minimum atomic E-state index is -1.09. The van der Waals surface area contributed by atoms with E-state index in [0.717, 1.165) is 12.8 Å². The Morgan fingerprint density at radius 1 is 1.07 bits per heavy atom. The van der Waals surface area contributed by atoms with Crippen LogP contribution in [0.1, 0.15) is 38.2 Å². The highest BCUT2D eigenvalue weighted by Crippen LogP contribution is 2.43. The Bertz CT molecular complexity index is 847. The molecule has 0 spiro atoms. The average Bonchev–Trinajstić information content (AvgIpc) is 3.13. The molecule has 1 atom stereocenters. The first-order valence-electron chi connectivity index (χ1n) is 8.95. The summed E-state index contributed by atoms with van der Waals surface area (Å²) in [7, 11) is 0. The molecule has 142 valence electrons. The van der Waals surface area contributed by atoms with Gasteiger partial charge in [0.25, 0.3) is 5.91 Å². The predicted octanol–water partition coefficient (Wildman–Crippen LogP) is 4.35. The van der Waals surface area contributed by atoms with Crippen LogP contribution >= 0.6 is 0 Å². The summed E-state index contributed by atoms with van der Waals surface area (Å²) in [4.78, 5) is 25.2. The Kier molecular flexibility index (Phi) is 5.54. The van der Waals surface area contributed by atoms with Crippen molar-refractivity contribution in [1.29, 1.82) is 0 Å². The standard InChI is InChI=1S/C21H21F2NO3/c1-14(19(25)24-16-8-6-7-15(22)13-16)27-20(26)21(11-4-5-12-21)17-9-2-3-10-18(17)23/h2-3,6-10,13-14H,4-5,11-12H2,1H3,(H,24,25)/t14-/m0/s1. The number of esters is 1. The lowest BCUT2D eigenvalue weighted by atomic mass is 9.78. The van der Waals surface area contributed by atoms with Crippen molar-refractivity contribution in [3.8, 4) is 0 Å². The molecule has 3 rings (SSSR count). The molecule has 1 saturated carbocycles. The van der Waals surface area contributed by atoms with Gasteiger partial charge in [-0.15, -0.1) is 0 Å². The second kappa shape index (κ2) is 7.86. The van der Waals surface area contributed by atoms with Gasteiger partial charge in [-0.05, 0) is 44.0 Å². The third-order valence-corrected chi connectivity index (χ3v) is 4.98. The first-order valence-corrected chi connectivity index (χ1v) is 8.95. The van der Waals surface area contributed by atoms with Crippen LogP contribution < -0.4 is 5.32 Å². The maximum atomic E-state index is 14.3. The quantitative estimate of drug-likeness (QED) is 0.793. The highest BCUT2D eigenvalue weighted by Gasteiger charge is 2.46. The first kappa shape index (κ1) is 19.0. The maximum Gasteiger partial charge on any atom is 0.317 e. The second-order valence-corrected chi connectivity index (χ2v) is 6.82. The summed E-state index contributed by atoms with van der Waals surface area (Å²) in [6.07, 6.45) is 1.43. The first-order chi connectivity index (χ1) is 12.9. The third-order valence-electron chi connectivity index (χ3n) is 4.98. The highest BCUT2D eigenvalue weighted by atomic mass is 19.1. The molecule has 0 bridgehead atoms. The summed E-state index contributed by atoms with van der Waals surface area (Å²) in [5, 5.41) is 2.51. The van der Waals surface area contributed by atoms with Crippen LogP contribution in [-0.2, 0) is 19.7 Å². The van der Waals surface area contributed by atoms with Crippen molar-refractivity contribution < 1.29 is 23.1 Å². The van der Waals surface area contributed by atoms with Crippen LogP contribution in [0.5, 0.6) is 0 Å². The zero-order chi connectivity index (χ0) is 19.4. The molecule has 0 heterocycles. The fourth-order valence-electron chi connectivity index (χ4n) is 3.55. The van der Waals surface area contributed by atoms with E-state index in [0.29, 0.717) is 18.4 Å². The van der Waals surface area contributed by atoms with Gasteiger partial charge in [0.1, 0.15) is 11.6 Å². The fraction of sp³-hybridized carbons (Fsp3) is 0.333. The number of anilines is 1. The lowest BCUT2D eigenvalue weighted by Crippen LogP contribution is -2.40. The number of ether oxygens (including phenoxy) is 1. The van der Waals surface area contributed by atoms with Gasteiger partial charge >= 0.3 is 5.97 Å². The van der Waals surface area contributed by atoms with E-state index in [4.69, 9.17) is 4.74 Å². The normalized spacial score (nSPS) is 16.6. The zero-order valence-corrected chi connectivity index (χ0v) is 15.0. The summed E-state index contributed by atoms with van der Waals surface area (Å²) >= 11 is 0.